The summed E-state index contributed by atoms with van der Waals surface area (Å²) in [6, 6.07) is 0. The lowest BCUT2D eigenvalue weighted by Crippen LogP contribution is -2.44. The van der Waals surface area contributed by atoms with E-state index in [1.165, 1.54) is 44.9 Å². The van der Waals surface area contributed by atoms with E-state index in [2.05, 4.69) is 33.0 Å². The van der Waals surface area contributed by atoms with Gasteiger partial charge in [0.2, 0.25) is 0 Å². The van der Waals surface area contributed by atoms with Crippen molar-refractivity contribution in [2.24, 2.45) is 0 Å². The van der Waals surface area contributed by atoms with Crippen LogP contribution in [0.25, 0.3) is 0 Å². The van der Waals surface area contributed by atoms with Gasteiger partial charge in [-0.3, -0.25) is 0 Å². The lowest BCUT2D eigenvalue weighted by molar-refractivity contribution is 0.264. The van der Waals surface area contributed by atoms with Gasteiger partial charge in [0, 0.05) is 5.54 Å². The Bertz CT molecular complexity index is 114. The maximum atomic E-state index is 3.71. The molecule has 1 heteroatoms. The van der Waals surface area contributed by atoms with E-state index in [0.717, 1.165) is 6.54 Å². The Morgan fingerprint density at radius 2 is 1.57 bits per heavy atom. The van der Waals surface area contributed by atoms with E-state index in [4.69, 9.17) is 0 Å². The summed E-state index contributed by atoms with van der Waals surface area (Å²) >= 11 is 0. The smallest absolute Gasteiger partial charge is 0.0178 e. The maximum absolute atomic E-state index is 3.71. The standard InChI is InChI=1S/C13H29N/c1-5-9-10-12-13(7-3,11-6-2)14-8-4/h14H,5-12H2,1-4H3. The zero-order chi connectivity index (χ0) is 10.9. The summed E-state index contributed by atoms with van der Waals surface area (Å²) < 4.78 is 0. The van der Waals surface area contributed by atoms with Gasteiger partial charge in [-0.05, 0) is 25.8 Å². The molecular weight excluding hydrogens is 170 g/mol. The second kappa shape index (κ2) is 8.28. The third kappa shape index (κ3) is 4.99. The lowest BCUT2D eigenvalue weighted by atomic mass is 9.85. The fourth-order valence-corrected chi connectivity index (χ4v) is 2.35. The van der Waals surface area contributed by atoms with Gasteiger partial charge < -0.3 is 5.32 Å². The molecule has 1 atom stereocenters. The Balaban J connectivity index is 4.03. The van der Waals surface area contributed by atoms with Crippen LogP contribution in [0.4, 0.5) is 0 Å². The topological polar surface area (TPSA) is 12.0 Å². The molecule has 0 aliphatic carbocycles. The maximum Gasteiger partial charge on any atom is 0.0178 e. The third-order valence-electron chi connectivity index (χ3n) is 3.22. The van der Waals surface area contributed by atoms with Crippen LogP contribution in [0.5, 0.6) is 0 Å². The van der Waals surface area contributed by atoms with Crippen molar-refractivity contribution >= 4 is 0 Å². The fraction of sp³-hybridized carbons (Fsp3) is 1.00. The van der Waals surface area contributed by atoms with Gasteiger partial charge >= 0.3 is 0 Å². The van der Waals surface area contributed by atoms with E-state index in [1.54, 1.807) is 0 Å². The first-order valence-corrected chi connectivity index (χ1v) is 6.49. The first-order valence-electron chi connectivity index (χ1n) is 6.49. The Morgan fingerprint density at radius 1 is 0.857 bits per heavy atom. The molecule has 1 nitrogen and oxygen atoms in total. The van der Waals surface area contributed by atoms with Crippen LogP contribution in [0.3, 0.4) is 0 Å². The molecule has 0 rings (SSSR count). The molecule has 0 amide bonds. The van der Waals surface area contributed by atoms with Gasteiger partial charge in [-0.2, -0.15) is 0 Å². The Hall–Kier alpha value is -0.0400. The summed E-state index contributed by atoms with van der Waals surface area (Å²) in [7, 11) is 0. The molecule has 14 heavy (non-hydrogen) atoms. The molecule has 0 saturated heterocycles. The van der Waals surface area contributed by atoms with Crippen molar-refractivity contribution in [2.75, 3.05) is 6.54 Å². The van der Waals surface area contributed by atoms with Crippen LogP contribution < -0.4 is 5.32 Å². The first-order chi connectivity index (χ1) is 6.74. The minimum Gasteiger partial charge on any atom is -0.312 e. The van der Waals surface area contributed by atoms with Crippen LogP contribution in [0.1, 0.15) is 72.6 Å². The third-order valence-corrected chi connectivity index (χ3v) is 3.22. The Labute approximate surface area is 90.7 Å². The van der Waals surface area contributed by atoms with Gasteiger partial charge in [-0.1, -0.05) is 53.4 Å². The van der Waals surface area contributed by atoms with Gasteiger partial charge in [0.25, 0.3) is 0 Å². The first kappa shape index (κ1) is 14.0. The minimum atomic E-state index is 0.443. The van der Waals surface area contributed by atoms with Crippen molar-refractivity contribution in [3.63, 3.8) is 0 Å². The van der Waals surface area contributed by atoms with E-state index in [9.17, 15) is 0 Å². The van der Waals surface area contributed by atoms with Gasteiger partial charge in [0.1, 0.15) is 0 Å². The highest BCUT2D eigenvalue weighted by molar-refractivity contribution is 4.85. The largest absolute Gasteiger partial charge is 0.312 e. The van der Waals surface area contributed by atoms with Crippen molar-refractivity contribution < 1.29 is 0 Å². The van der Waals surface area contributed by atoms with Gasteiger partial charge in [0.15, 0.2) is 0 Å². The molecule has 0 aliphatic heterocycles. The molecule has 0 aromatic rings. The van der Waals surface area contributed by atoms with Crippen LogP contribution in [0, 0.1) is 0 Å². The van der Waals surface area contributed by atoms with Gasteiger partial charge in [-0.25, -0.2) is 0 Å². The number of rotatable bonds is 9. The SMILES string of the molecule is CCCCCC(CC)(CCC)NCC. The van der Waals surface area contributed by atoms with Gasteiger partial charge in [0.05, 0.1) is 0 Å². The summed E-state index contributed by atoms with van der Waals surface area (Å²) in [5, 5.41) is 3.71. The number of hydrogen-bond donors (Lipinski definition) is 1. The quantitative estimate of drug-likeness (QED) is 0.551. The van der Waals surface area contributed by atoms with Gasteiger partial charge in [-0.15, -0.1) is 0 Å². The van der Waals surface area contributed by atoms with E-state index in [1.807, 2.05) is 0 Å². The molecule has 0 aromatic carbocycles. The van der Waals surface area contributed by atoms with E-state index >= 15 is 0 Å². The van der Waals surface area contributed by atoms with Crippen molar-refractivity contribution in [3.05, 3.63) is 0 Å². The molecule has 1 unspecified atom stereocenters. The summed E-state index contributed by atoms with van der Waals surface area (Å²) in [6.07, 6.45) is 9.37. The molecule has 0 radical (unpaired) electrons. The molecule has 0 bridgehead atoms. The average molecular weight is 199 g/mol. The lowest BCUT2D eigenvalue weighted by Gasteiger charge is -2.34. The monoisotopic (exact) mass is 199 g/mol. The molecule has 0 heterocycles. The number of nitrogens with one attached hydrogen (secondary N) is 1. The van der Waals surface area contributed by atoms with E-state index in [0.29, 0.717) is 5.54 Å². The average Bonchev–Trinajstić information content (AvgIpc) is 2.19. The second-order valence-corrected chi connectivity index (χ2v) is 4.37. The predicted molar refractivity (Wildman–Crippen MR) is 65.7 cm³/mol. The molecule has 86 valence electrons. The van der Waals surface area contributed by atoms with Crippen LogP contribution in [-0.4, -0.2) is 12.1 Å². The van der Waals surface area contributed by atoms with E-state index < -0.39 is 0 Å². The van der Waals surface area contributed by atoms with Crippen molar-refractivity contribution in [1.29, 1.82) is 0 Å². The van der Waals surface area contributed by atoms with Crippen molar-refractivity contribution in [1.82, 2.24) is 5.32 Å². The predicted octanol–water partition coefficient (Wildman–Crippen LogP) is 4.13. The molecule has 0 aliphatic rings. The summed E-state index contributed by atoms with van der Waals surface area (Å²) in [5.41, 5.74) is 0.443. The molecule has 0 fully saturated rings. The fourth-order valence-electron chi connectivity index (χ4n) is 2.35. The summed E-state index contributed by atoms with van der Waals surface area (Å²) in [4.78, 5) is 0. The van der Waals surface area contributed by atoms with E-state index in [-0.39, 0.29) is 0 Å². The van der Waals surface area contributed by atoms with Crippen LogP contribution in [0.2, 0.25) is 0 Å². The highest BCUT2D eigenvalue weighted by Crippen LogP contribution is 2.24. The Kier molecular flexibility index (Phi) is 8.26. The molecule has 0 spiro atoms. The van der Waals surface area contributed by atoms with Crippen LogP contribution in [-0.2, 0) is 0 Å². The number of unbranched alkanes of at least 4 members (excludes halogenated alkanes) is 2. The minimum absolute atomic E-state index is 0.443. The summed E-state index contributed by atoms with van der Waals surface area (Å²) in [6.45, 7) is 10.2. The number of hydrogen-bond acceptors (Lipinski definition) is 1. The molecule has 0 saturated carbocycles. The van der Waals surface area contributed by atoms with Crippen LogP contribution in [0.15, 0.2) is 0 Å². The van der Waals surface area contributed by atoms with Crippen molar-refractivity contribution in [3.8, 4) is 0 Å². The van der Waals surface area contributed by atoms with Crippen LogP contribution >= 0.6 is 0 Å². The molecular formula is C13H29N. The summed E-state index contributed by atoms with van der Waals surface area (Å²) in [5.74, 6) is 0. The normalized spacial score (nSPS) is 15.4. The zero-order valence-corrected chi connectivity index (χ0v) is 10.7. The Morgan fingerprint density at radius 3 is 2.00 bits per heavy atom. The molecule has 0 aromatic heterocycles. The highest BCUT2D eigenvalue weighted by Gasteiger charge is 2.24. The second-order valence-electron chi connectivity index (χ2n) is 4.37. The molecule has 1 N–H and O–H groups in total. The van der Waals surface area contributed by atoms with Crippen molar-refractivity contribution in [2.45, 2.75) is 78.2 Å². The highest BCUT2D eigenvalue weighted by atomic mass is 15.0. The zero-order valence-electron chi connectivity index (χ0n) is 10.7.